The second-order valence-corrected chi connectivity index (χ2v) is 6.44. The highest BCUT2D eigenvalue weighted by molar-refractivity contribution is 5.89. The predicted octanol–water partition coefficient (Wildman–Crippen LogP) is 3.26. The lowest BCUT2D eigenvalue weighted by atomic mass is 10.0. The molecule has 0 aromatic heterocycles. The molecular formula is C23H23NO5. The van der Waals surface area contributed by atoms with Gasteiger partial charge < -0.3 is 19.5 Å². The maximum Gasteiger partial charge on any atom is 0.310 e. The summed E-state index contributed by atoms with van der Waals surface area (Å²) in [6.45, 7) is -0.0308. The van der Waals surface area contributed by atoms with Crippen molar-refractivity contribution in [2.45, 2.75) is 13.0 Å². The lowest BCUT2D eigenvalue weighted by Crippen LogP contribution is -2.28. The number of amides is 1. The van der Waals surface area contributed by atoms with Gasteiger partial charge in [-0.15, -0.1) is 0 Å². The van der Waals surface area contributed by atoms with Crippen LogP contribution in [0.25, 0.3) is 10.8 Å². The monoisotopic (exact) mass is 393 g/mol. The highest BCUT2D eigenvalue weighted by atomic mass is 16.5. The molecule has 3 rings (SSSR count). The van der Waals surface area contributed by atoms with E-state index in [1.165, 1.54) is 0 Å². The molecule has 0 saturated heterocycles. The minimum Gasteiger partial charge on any atom is -0.493 e. The summed E-state index contributed by atoms with van der Waals surface area (Å²) in [6, 6.07) is 19.0. The van der Waals surface area contributed by atoms with Crippen molar-refractivity contribution in [3.63, 3.8) is 0 Å². The van der Waals surface area contributed by atoms with Crippen LogP contribution in [0.4, 0.5) is 0 Å². The fourth-order valence-corrected chi connectivity index (χ4v) is 3.04. The number of carbonyl (C=O) groups is 2. The van der Waals surface area contributed by atoms with E-state index in [1.807, 2.05) is 48.5 Å². The fourth-order valence-electron chi connectivity index (χ4n) is 3.04. The summed E-state index contributed by atoms with van der Waals surface area (Å²) in [4.78, 5) is 24.2. The Morgan fingerprint density at radius 3 is 2.45 bits per heavy atom. The minimum atomic E-state index is -0.442. The van der Waals surface area contributed by atoms with E-state index in [1.54, 1.807) is 26.4 Å². The van der Waals surface area contributed by atoms with Crippen molar-refractivity contribution in [2.24, 2.45) is 0 Å². The Bertz CT molecular complexity index is 1010. The normalized spacial score (nSPS) is 10.4. The number of methoxy groups -OCH3 is 2. The topological polar surface area (TPSA) is 73.9 Å². The predicted molar refractivity (Wildman–Crippen MR) is 110 cm³/mol. The van der Waals surface area contributed by atoms with Gasteiger partial charge in [0.05, 0.1) is 20.6 Å². The first-order chi connectivity index (χ1) is 14.1. The second kappa shape index (κ2) is 9.59. The van der Waals surface area contributed by atoms with Crippen LogP contribution in [0.3, 0.4) is 0 Å². The summed E-state index contributed by atoms with van der Waals surface area (Å²) in [5.74, 6) is 0.388. The fraction of sp³-hybridized carbons (Fsp3) is 0.217. The molecule has 150 valence electrons. The Labute approximate surface area is 169 Å². The SMILES string of the molecule is COc1ccc(CNC(=O)COC(=O)Cc2cccc3ccccc23)cc1OC. The van der Waals surface area contributed by atoms with Crippen molar-refractivity contribution in [1.29, 1.82) is 0 Å². The molecule has 1 amide bonds. The van der Waals surface area contributed by atoms with Gasteiger partial charge in [-0.3, -0.25) is 9.59 Å². The van der Waals surface area contributed by atoms with Crippen LogP contribution >= 0.6 is 0 Å². The first kappa shape index (κ1) is 20.2. The molecule has 0 spiro atoms. The van der Waals surface area contributed by atoms with E-state index in [2.05, 4.69) is 5.32 Å². The lowest BCUT2D eigenvalue weighted by Gasteiger charge is -2.11. The van der Waals surface area contributed by atoms with Crippen LogP contribution in [0.1, 0.15) is 11.1 Å². The zero-order chi connectivity index (χ0) is 20.6. The molecule has 0 heterocycles. The first-order valence-electron chi connectivity index (χ1n) is 9.20. The van der Waals surface area contributed by atoms with Crippen LogP contribution in [0.2, 0.25) is 0 Å². The summed E-state index contributed by atoms with van der Waals surface area (Å²) >= 11 is 0. The van der Waals surface area contributed by atoms with E-state index in [4.69, 9.17) is 14.2 Å². The number of esters is 1. The summed E-state index contributed by atoms with van der Waals surface area (Å²) < 4.78 is 15.6. The number of fused-ring (bicyclic) bond motifs is 1. The van der Waals surface area contributed by atoms with Crippen molar-refractivity contribution in [2.75, 3.05) is 20.8 Å². The number of hydrogen-bond acceptors (Lipinski definition) is 5. The third-order valence-corrected chi connectivity index (χ3v) is 4.52. The Kier molecular flexibility index (Phi) is 6.68. The quantitative estimate of drug-likeness (QED) is 0.595. The van der Waals surface area contributed by atoms with Gasteiger partial charge in [0.25, 0.3) is 5.91 Å². The molecule has 0 bridgehead atoms. The van der Waals surface area contributed by atoms with E-state index in [0.29, 0.717) is 18.0 Å². The van der Waals surface area contributed by atoms with Crippen LogP contribution in [0.15, 0.2) is 60.7 Å². The van der Waals surface area contributed by atoms with Crippen molar-refractivity contribution in [1.82, 2.24) is 5.32 Å². The van der Waals surface area contributed by atoms with Crippen LogP contribution in [-0.2, 0) is 27.3 Å². The number of ether oxygens (including phenoxy) is 3. The summed E-state index contributed by atoms with van der Waals surface area (Å²) in [5, 5.41) is 4.79. The van der Waals surface area contributed by atoms with Gasteiger partial charge in [-0.2, -0.15) is 0 Å². The minimum absolute atomic E-state index is 0.115. The highest BCUT2D eigenvalue weighted by Gasteiger charge is 2.11. The van der Waals surface area contributed by atoms with Crippen molar-refractivity contribution >= 4 is 22.6 Å². The summed E-state index contributed by atoms with van der Waals surface area (Å²) in [5.41, 5.74) is 1.72. The molecule has 0 fully saturated rings. The van der Waals surface area contributed by atoms with E-state index in [0.717, 1.165) is 21.9 Å². The molecule has 0 unspecified atom stereocenters. The Balaban J connectivity index is 1.49. The van der Waals surface area contributed by atoms with Gasteiger partial charge in [-0.1, -0.05) is 48.5 Å². The maximum atomic E-state index is 12.2. The molecule has 1 N–H and O–H groups in total. The standard InChI is InChI=1S/C23H23NO5/c1-27-20-11-10-16(12-21(20)28-2)14-24-22(25)15-29-23(26)13-18-8-5-7-17-6-3-4-9-19(17)18/h3-12H,13-15H2,1-2H3,(H,24,25). The Hall–Kier alpha value is -3.54. The molecule has 0 aliphatic carbocycles. The summed E-state index contributed by atoms with van der Waals surface area (Å²) in [6.07, 6.45) is 0.115. The molecule has 0 aliphatic heterocycles. The first-order valence-corrected chi connectivity index (χ1v) is 9.20. The molecule has 0 radical (unpaired) electrons. The van der Waals surface area contributed by atoms with Gasteiger partial charge in [0, 0.05) is 6.54 Å². The molecule has 3 aromatic carbocycles. The third kappa shape index (κ3) is 5.25. The number of nitrogens with one attached hydrogen (secondary N) is 1. The zero-order valence-electron chi connectivity index (χ0n) is 16.4. The molecule has 6 nitrogen and oxygen atoms in total. The van der Waals surface area contributed by atoms with Crippen LogP contribution in [0.5, 0.6) is 11.5 Å². The Morgan fingerprint density at radius 1 is 0.897 bits per heavy atom. The van der Waals surface area contributed by atoms with E-state index >= 15 is 0 Å². The maximum absolute atomic E-state index is 12.2. The average Bonchev–Trinajstić information content (AvgIpc) is 2.76. The van der Waals surface area contributed by atoms with E-state index < -0.39 is 5.97 Å². The van der Waals surface area contributed by atoms with Crippen molar-refractivity contribution in [3.8, 4) is 11.5 Å². The molecule has 29 heavy (non-hydrogen) atoms. The summed E-state index contributed by atoms with van der Waals surface area (Å²) in [7, 11) is 3.11. The lowest BCUT2D eigenvalue weighted by molar-refractivity contribution is -0.147. The van der Waals surface area contributed by atoms with E-state index in [-0.39, 0.29) is 18.9 Å². The van der Waals surface area contributed by atoms with Gasteiger partial charge in [-0.25, -0.2) is 0 Å². The number of carbonyl (C=O) groups excluding carboxylic acids is 2. The van der Waals surface area contributed by atoms with Gasteiger partial charge in [0.2, 0.25) is 0 Å². The molecule has 6 heteroatoms. The van der Waals surface area contributed by atoms with Gasteiger partial charge in [0.15, 0.2) is 18.1 Å². The molecule has 0 aliphatic rings. The highest BCUT2D eigenvalue weighted by Crippen LogP contribution is 2.27. The largest absolute Gasteiger partial charge is 0.493 e. The number of benzene rings is 3. The molecule has 3 aromatic rings. The Morgan fingerprint density at radius 2 is 1.66 bits per heavy atom. The smallest absolute Gasteiger partial charge is 0.310 e. The van der Waals surface area contributed by atoms with Crippen LogP contribution < -0.4 is 14.8 Å². The van der Waals surface area contributed by atoms with Gasteiger partial charge >= 0.3 is 5.97 Å². The number of rotatable bonds is 8. The van der Waals surface area contributed by atoms with Crippen molar-refractivity contribution in [3.05, 3.63) is 71.8 Å². The third-order valence-electron chi connectivity index (χ3n) is 4.52. The average molecular weight is 393 g/mol. The molecule has 0 saturated carbocycles. The van der Waals surface area contributed by atoms with E-state index in [9.17, 15) is 9.59 Å². The van der Waals surface area contributed by atoms with Crippen molar-refractivity contribution < 1.29 is 23.8 Å². The zero-order valence-corrected chi connectivity index (χ0v) is 16.4. The van der Waals surface area contributed by atoms with Crippen LogP contribution in [-0.4, -0.2) is 32.7 Å². The molecule has 0 atom stereocenters. The van der Waals surface area contributed by atoms with Crippen LogP contribution in [0, 0.1) is 0 Å². The number of hydrogen-bond donors (Lipinski definition) is 1. The second-order valence-electron chi connectivity index (χ2n) is 6.44. The van der Waals surface area contributed by atoms with Gasteiger partial charge in [-0.05, 0) is 34.0 Å². The molecular weight excluding hydrogens is 370 g/mol. The van der Waals surface area contributed by atoms with Gasteiger partial charge in [0.1, 0.15) is 0 Å².